The number of nitrogens with one attached hydrogen (secondary N) is 1. The van der Waals surface area contributed by atoms with Crippen molar-refractivity contribution in [2.75, 3.05) is 20.7 Å². The Morgan fingerprint density at radius 3 is 2.61 bits per heavy atom. The van der Waals surface area contributed by atoms with Gasteiger partial charge in [0.2, 0.25) is 5.91 Å². The van der Waals surface area contributed by atoms with Crippen molar-refractivity contribution >= 4 is 18.0 Å². The number of benzene rings is 1. The number of amides is 2. The van der Waals surface area contributed by atoms with E-state index in [-0.39, 0.29) is 11.8 Å². The zero-order valence-corrected chi connectivity index (χ0v) is 14.1. The second kappa shape index (κ2) is 8.77. The molecule has 0 heterocycles. The van der Waals surface area contributed by atoms with Crippen molar-refractivity contribution in [3.05, 3.63) is 23.8 Å². The molecule has 7 heteroatoms. The van der Waals surface area contributed by atoms with E-state index < -0.39 is 6.10 Å². The highest BCUT2D eigenvalue weighted by molar-refractivity contribution is 5.83. The molecule has 2 amide bonds. The number of carbonyl (C=O) groups is 2. The second-order valence-electron chi connectivity index (χ2n) is 5.06. The first-order valence-electron chi connectivity index (χ1n) is 7.29. The van der Waals surface area contributed by atoms with Gasteiger partial charge in [-0.1, -0.05) is 0 Å². The molecule has 1 rings (SSSR count). The summed E-state index contributed by atoms with van der Waals surface area (Å²) in [6, 6.07) is 5.20. The van der Waals surface area contributed by atoms with E-state index in [1.54, 1.807) is 39.2 Å². The van der Waals surface area contributed by atoms with E-state index in [2.05, 4.69) is 10.5 Å². The number of hydrogen-bond acceptors (Lipinski definition) is 5. The standard InChI is InChI=1S/C16H23N3O4/c1-6-22-15-9-13(10-17-18-12(3)20)7-8-14(15)23-11(2)16(21)19(4)5/h7-11H,6H2,1-5H3,(H,18,20)/b17-10-/t11-/m1/s1. The maximum Gasteiger partial charge on any atom is 0.262 e. The van der Waals surface area contributed by atoms with Crippen LogP contribution in [0.25, 0.3) is 0 Å². The topological polar surface area (TPSA) is 80.2 Å². The molecule has 1 atom stereocenters. The van der Waals surface area contributed by atoms with Crippen molar-refractivity contribution in [2.24, 2.45) is 5.10 Å². The van der Waals surface area contributed by atoms with Gasteiger partial charge >= 0.3 is 0 Å². The number of hydrogen-bond donors (Lipinski definition) is 1. The summed E-state index contributed by atoms with van der Waals surface area (Å²) in [6.45, 7) is 5.38. The molecule has 0 aromatic heterocycles. The third-order valence-corrected chi connectivity index (χ3v) is 2.80. The molecule has 7 nitrogen and oxygen atoms in total. The zero-order valence-electron chi connectivity index (χ0n) is 14.1. The van der Waals surface area contributed by atoms with Crippen LogP contribution in [-0.4, -0.2) is 49.7 Å². The fraction of sp³-hybridized carbons (Fsp3) is 0.438. The molecule has 0 aliphatic carbocycles. The van der Waals surface area contributed by atoms with E-state index in [1.165, 1.54) is 18.0 Å². The Kier molecular flexibility index (Phi) is 7.05. The molecule has 0 spiro atoms. The Balaban J connectivity index is 2.93. The van der Waals surface area contributed by atoms with Gasteiger partial charge in [-0.2, -0.15) is 5.10 Å². The van der Waals surface area contributed by atoms with Crippen molar-refractivity contribution in [3.63, 3.8) is 0 Å². The SMILES string of the molecule is CCOc1cc(/C=N\NC(C)=O)ccc1O[C@H](C)C(=O)N(C)C. The molecule has 0 radical (unpaired) electrons. The van der Waals surface area contributed by atoms with E-state index in [0.29, 0.717) is 18.1 Å². The van der Waals surface area contributed by atoms with Crippen LogP contribution in [0.15, 0.2) is 23.3 Å². The highest BCUT2D eigenvalue weighted by Gasteiger charge is 2.18. The first-order chi connectivity index (χ1) is 10.8. The number of carbonyl (C=O) groups excluding carboxylic acids is 2. The Morgan fingerprint density at radius 1 is 1.35 bits per heavy atom. The number of rotatable bonds is 7. The monoisotopic (exact) mass is 321 g/mol. The van der Waals surface area contributed by atoms with Crippen molar-refractivity contribution in [2.45, 2.75) is 26.9 Å². The first kappa shape index (κ1) is 18.5. The van der Waals surface area contributed by atoms with Gasteiger partial charge in [0, 0.05) is 21.0 Å². The predicted octanol–water partition coefficient (Wildman–Crippen LogP) is 1.41. The van der Waals surface area contributed by atoms with Gasteiger partial charge in [0.05, 0.1) is 12.8 Å². The minimum absolute atomic E-state index is 0.135. The van der Waals surface area contributed by atoms with Crippen LogP contribution in [-0.2, 0) is 9.59 Å². The summed E-state index contributed by atoms with van der Waals surface area (Å²) < 4.78 is 11.2. The Bertz CT molecular complexity index is 585. The Labute approximate surface area is 136 Å². The first-order valence-corrected chi connectivity index (χ1v) is 7.29. The fourth-order valence-electron chi connectivity index (χ4n) is 1.77. The van der Waals surface area contributed by atoms with Crippen molar-refractivity contribution in [1.29, 1.82) is 0 Å². The zero-order chi connectivity index (χ0) is 17.4. The van der Waals surface area contributed by atoms with Crippen LogP contribution < -0.4 is 14.9 Å². The molecular formula is C16H23N3O4. The molecule has 0 saturated heterocycles. The molecule has 0 saturated carbocycles. The molecule has 0 aliphatic rings. The molecule has 126 valence electrons. The normalized spacial score (nSPS) is 11.9. The summed E-state index contributed by atoms with van der Waals surface area (Å²) in [6.07, 6.45) is 0.880. The molecule has 1 aromatic rings. The van der Waals surface area contributed by atoms with E-state index in [0.717, 1.165) is 5.56 Å². The van der Waals surface area contributed by atoms with E-state index >= 15 is 0 Å². The van der Waals surface area contributed by atoms with Crippen LogP contribution in [0, 0.1) is 0 Å². The summed E-state index contributed by atoms with van der Waals surface area (Å²) in [4.78, 5) is 24.2. The maximum atomic E-state index is 11.9. The lowest BCUT2D eigenvalue weighted by atomic mass is 10.2. The summed E-state index contributed by atoms with van der Waals surface area (Å²) in [5.41, 5.74) is 3.07. The molecule has 0 fully saturated rings. The number of likely N-dealkylation sites (N-methyl/N-ethyl adjacent to an activating group) is 1. The summed E-state index contributed by atoms with van der Waals surface area (Å²) in [5.74, 6) is 0.606. The molecular weight excluding hydrogens is 298 g/mol. The van der Waals surface area contributed by atoms with Crippen molar-refractivity contribution < 1.29 is 19.1 Å². The average molecular weight is 321 g/mol. The maximum absolute atomic E-state index is 11.9. The number of nitrogens with zero attached hydrogens (tertiary/aromatic N) is 2. The smallest absolute Gasteiger partial charge is 0.262 e. The minimum Gasteiger partial charge on any atom is -0.490 e. The van der Waals surface area contributed by atoms with Gasteiger partial charge in [-0.05, 0) is 37.6 Å². The van der Waals surface area contributed by atoms with E-state index in [1.807, 2.05) is 6.92 Å². The lowest BCUT2D eigenvalue weighted by molar-refractivity contribution is -0.135. The quantitative estimate of drug-likeness (QED) is 0.608. The van der Waals surface area contributed by atoms with Gasteiger partial charge in [-0.15, -0.1) is 0 Å². The van der Waals surface area contributed by atoms with Gasteiger partial charge in [-0.3, -0.25) is 9.59 Å². The van der Waals surface area contributed by atoms with E-state index in [9.17, 15) is 9.59 Å². The highest BCUT2D eigenvalue weighted by atomic mass is 16.5. The number of hydrazone groups is 1. The average Bonchev–Trinajstić information content (AvgIpc) is 2.48. The van der Waals surface area contributed by atoms with Gasteiger partial charge < -0.3 is 14.4 Å². The van der Waals surface area contributed by atoms with Crippen LogP contribution in [0.4, 0.5) is 0 Å². The summed E-state index contributed by atoms with van der Waals surface area (Å²) in [5, 5.41) is 3.80. The lowest BCUT2D eigenvalue weighted by Gasteiger charge is -2.20. The Hall–Kier alpha value is -2.57. The molecule has 1 aromatic carbocycles. The number of ether oxygens (including phenoxy) is 2. The van der Waals surface area contributed by atoms with Gasteiger partial charge in [0.1, 0.15) is 0 Å². The predicted molar refractivity (Wildman–Crippen MR) is 87.8 cm³/mol. The fourth-order valence-corrected chi connectivity index (χ4v) is 1.77. The van der Waals surface area contributed by atoms with Gasteiger partial charge in [0.15, 0.2) is 17.6 Å². The van der Waals surface area contributed by atoms with Crippen molar-refractivity contribution in [1.82, 2.24) is 10.3 Å². The van der Waals surface area contributed by atoms with Crippen molar-refractivity contribution in [3.8, 4) is 11.5 Å². The molecule has 0 unspecified atom stereocenters. The molecule has 0 aliphatic heterocycles. The largest absolute Gasteiger partial charge is 0.490 e. The second-order valence-corrected chi connectivity index (χ2v) is 5.06. The molecule has 0 bridgehead atoms. The third kappa shape index (κ3) is 5.98. The van der Waals surface area contributed by atoms with E-state index in [4.69, 9.17) is 9.47 Å². The van der Waals surface area contributed by atoms with Gasteiger partial charge in [0.25, 0.3) is 5.91 Å². The van der Waals surface area contributed by atoms with Crippen LogP contribution in [0.1, 0.15) is 26.3 Å². The lowest BCUT2D eigenvalue weighted by Crippen LogP contribution is -2.35. The summed E-state index contributed by atoms with van der Waals surface area (Å²) in [7, 11) is 3.35. The molecule has 1 N–H and O–H groups in total. The van der Waals surface area contributed by atoms with Crippen LogP contribution in [0.2, 0.25) is 0 Å². The Morgan fingerprint density at radius 2 is 2.04 bits per heavy atom. The van der Waals surface area contributed by atoms with Crippen LogP contribution in [0.3, 0.4) is 0 Å². The van der Waals surface area contributed by atoms with Crippen LogP contribution >= 0.6 is 0 Å². The molecule has 23 heavy (non-hydrogen) atoms. The summed E-state index contributed by atoms with van der Waals surface area (Å²) >= 11 is 0. The van der Waals surface area contributed by atoms with Gasteiger partial charge in [-0.25, -0.2) is 5.43 Å². The highest BCUT2D eigenvalue weighted by Crippen LogP contribution is 2.29. The van der Waals surface area contributed by atoms with Crippen LogP contribution in [0.5, 0.6) is 11.5 Å². The third-order valence-electron chi connectivity index (χ3n) is 2.80. The minimum atomic E-state index is -0.622.